The molecule has 28 heavy (non-hydrogen) atoms. The van der Waals surface area contributed by atoms with Gasteiger partial charge in [-0.25, -0.2) is 9.18 Å². The lowest BCUT2D eigenvalue weighted by Crippen LogP contribution is -2.65. The number of nitrogens with zero attached hydrogens (tertiary/aromatic N) is 2. The Balaban J connectivity index is 1.84. The van der Waals surface area contributed by atoms with Crippen molar-refractivity contribution in [2.45, 2.75) is 44.4 Å². The number of amides is 1. The van der Waals surface area contributed by atoms with Gasteiger partial charge in [-0.05, 0) is 38.0 Å². The first kappa shape index (κ1) is 19.8. The van der Waals surface area contributed by atoms with Gasteiger partial charge in [-0.2, -0.15) is 5.26 Å². The second-order valence-electron chi connectivity index (χ2n) is 7.84. The zero-order chi connectivity index (χ0) is 20.5. The Morgan fingerprint density at radius 1 is 1.21 bits per heavy atom. The molecule has 6 heteroatoms. The fourth-order valence-electron chi connectivity index (χ4n) is 3.55. The molecule has 1 amide bonds. The van der Waals surface area contributed by atoms with Gasteiger partial charge in [0, 0.05) is 11.5 Å². The van der Waals surface area contributed by atoms with Gasteiger partial charge in [0.05, 0.1) is 18.7 Å². The van der Waals surface area contributed by atoms with E-state index in [9.17, 15) is 19.6 Å². The van der Waals surface area contributed by atoms with Crippen LogP contribution in [0.3, 0.4) is 0 Å². The molecule has 1 fully saturated rings. The van der Waals surface area contributed by atoms with Gasteiger partial charge in [0.25, 0.3) is 0 Å². The van der Waals surface area contributed by atoms with Gasteiger partial charge in [-0.1, -0.05) is 42.5 Å². The number of hydrogen-bond acceptors (Lipinski definition) is 4. The molecule has 1 aliphatic rings. The van der Waals surface area contributed by atoms with E-state index < -0.39 is 23.8 Å². The number of carbonyl (C=O) groups excluding carboxylic acids is 1. The number of rotatable bonds is 3. The minimum atomic E-state index is -0.730. The SMILES string of the molecule is CC(C)(C)OC(=O)N1[C@@H](C#N)[C@H](c2ccc(-c3ccccc3F)cc2)[C@@H]1CO. The van der Waals surface area contributed by atoms with Crippen molar-refractivity contribution in [2.75, 3.05) is 6.61 Å². The first-order valence-corrected chi connectivity index (χ1v) is 9.13. The monoisotopic (exact) mass is 382 g/mol. The molecule has 0 unspecified atom stereocenters. The normalized spacial score (nSPS) is 21.6. The van der Waals surface area contributed by atoms with Crippen LogP contribution < -0.4 is 0 Å². The zero-order valence-electron chi connectivity index (χ0n) is 16.1. The van der Waals surface area contributed by atoms with E-state index in [1.54, 1.807) is 51.1 Å². The van der Waals surface area contributed by atoms with Crippen molar-refractivity contribution in [1.82, 2.24) is 4.90 Å². The van der Waals surface area contributed by atoms with Gasteiger partial charge in [0.15, 0.2) is 0 Å². The van der Waals surface area contributed by atoms with Crippen LogP contribution in [0.25, 0.3) is 11.1 Å². The lowest BCUT2D eigenvalue weighted by atomic mass is 9.76. The molecule has 3 atom stereocenters. The summed E-state index contributed by atoms with van der Waals surface area (Å²) in [5, 5.41) is 19.4. The third kappa shape index (κ3) is 3.71. The van der Waals surface area contributed by atoms with Gasteiger partial charge in [0.1, 0.15) is 17.5 Å². The molecule has 0 aromatic heterocycles. The van der Waals surface area contributed by atoms with E-state index in [1.807, 2.05) is 12.1 Å². The van der Waals surface area contributed by atoms with Crippen LogP contribution in [0.1, 0.15) is 32.3 Å². The highest BCUT2D eigenvalue weighted by molar-refractivity contribution is 5.72. The van der Waals surface area contributed by atoms with Crippen LogP contribution in [0.15, 0.2) is 48.5 Å². The van der Waals surface area contributed by atoms with Crippen LogP contribution >= 0.6 is 0 Å². The predicted octanol–water partition coefficient (Wildman–Crippen LogP) is 4.08. The summed E-state index contributed by atoms with van der Waals surface area (Å²) in [6.07, 6.45) is -0.614. The Labute approximate surface area is 164 Å². The van der Waals surface area contributed by atoms with E-state index in [0.29, 0.717) is 5.56 Å². The molecule has 1 N–H and O–H groups in total. The minimum absolute atomic E-state index is 0.281. The summed E-state index contributed by atoms with van der Waals surface area (Å²) < 4.78 is 19.3. The molecule has 0 radical (unpaired) electrons. The van der Waals surface area contributed by atoms with E-state index in [4.69, 9.17) is 4.74 Å². The maximum absolute atomic E-state index is 14.0. The Morgan fingerprint density at radius 3 is 2.39 bits per heavy atom. The van der Waals surface area contributed by atoms with Crippen molar-refractivity contribution >= 4 is 6.09 Å². The van der Waals surface area contributed by atoms with Crippen LogP contribution in [0.2, 0.25) is 0 Å². The number of ether oxygens (including phenoxy) is 1. The Morgan fingerprint density at radius 2 is 1.86 bits per heavy atom. The first-order valence-electron chi connectivity index (χ1n) is 9.13. The Bertz CT molecular complexity index is 899. The topological polar surface area (TPSA) is 73.6 Å². The number of halogens is 1. The summed E-state index contributed by atoms with van der Waals surface area (Å²) >= 11 is 0. The standard InChI is InChI=1S/C22H23FN2O3/c1-22(2,3)28-21(27)25-18(12-24)20(19(25)13-26)15-10-8-14(9-11-15)16-6-4-5-7-17(16)23/h4-11,18-20,26H,13H2,1-3H3/t18-,19-,20-/m0/s1. The molecule has 2 aromatic rings. The third-order valence-electron chi connectivity index (χ3n) is 4.82. The highest BCUT2D eigenvalue weighted by Gasteiger charge is 2.53. The van der Waals surface area contributed by atoms with Gasteiger partial charge in [0.2, 0.25) is 0 Å². The molecule has 146 valence electrons. The zero-order valence-corrected chi connectivity index (χ0v) is 16.1. The summed E-state index contributed by atoms with van der Waals surface area (Å²) in [4.78, 5) is 13.7. The van der Waals surface area contributed by atoms with E-state index >= 15 is 0 Å². The van der Waals surface area contributed by atoms with E-state index in [2.05, 4.69) is 6.07 Å². The predicted molar refractivity (Wildman–Crippen MR) is 103 cm³/mol. The molecule has 0 aliphatic carbocycles. The second-order valence-corrected chi connectivity index (χ2v) is 7.84. The lowest BCUT2D eigenvalue weighted by molar-refractivity contribution is -0.0448. The van der Waals surface area contributed by atoms with Crippen molar-refractivity contribution in [3.05, 3.63) is 59.9 Å². The molecule has 5 nitrogen and oxygen atoms in total. The quantitative estimate of drug-likeness (QED) is 0.868. The fraction of sp³-hybridized carbons (Fsp3) is 0.364. The Hall–Kier alpha value is -2.91. The van der Waals surface area contributed by atoms with Gasteiger partial charge in [-0.3, -0.25) is 4.90 Å². The maximum atomic E-state index is 14.0. The number of aliphatic hydroxyl groups is 1. The number of likely N-dealkylation sites (tertiary alicyclic amines) is 1. The van der Waals surface area contributed by atoms with E-state index in [0.717, 1.165) is 11.1 Å². The molecule has 1 heterocycles. The summed E-state index contributed by atoms with van der Waals surface area (Å²) in [7, 11) is 0. The largest absolute Gasteiger partial charge is 0.444 e. The van der Waals surface area contributed by atoms with Crippen LogP contribution in [0.4, 0.5) is 9.18 Å². The molecule has 1 aliphatic heterocycles. The first-order chi connectivity index (χ1) is 13.3. The highest BCUT2D eigenvalue weighted by atomic mass is 19.1. The molecular formula is C22H23FN2O3. The Kier molecular flexibility index (Phi) is 5.39. The molecule has 0 saturated carbocycles. The molecule has 0 bridgehead atoms. The third-order valence-corrected chi connectivity index (χ3v) is 4.82. The van der Waals surface area contributed by atoms with Gasteiger partial charge >= 0.3 is 6.09 Å². The minimum Gasteiger partial charge on any atom is -0.444 e. The van der Waals surface area contributed by atoms with E-state index in [-0.39, 0.29) is 18.3 Å². The smallest absolute Gasteiger partial charge is 0.411 e. The van der Waals surface area contributed by atoms with Crippen molar-refractivity contribution in [2.24, 2.45) is 0 Å². The fourth-order valence-corrected chi connectivity index (χ4v) is 3.55. The van der Waals surface area contributed by atoms with Crippen LogP contribution in [-0.4, -0.2) is 40.4 Å². The molecular weight excluding hydrogens is 359 g/mol. The summed E-state index contributed by atoms with van der Waals surface area (Å²) in [5.41, 5.74) is 1.34. The lowest BCUT2D eigenvalue weighted by Gasteiger charge is -2.51. The molecule has 3 rings (SSSR count). The van der Waals surface area contributed by atoms with Crippen molar-refractivity contribution in [1.29, 1.82) is 5.26 Å². The summed E-state index contributed by atoms with van der Waals surface area (Å²) in [6, 6.07) is 14.6. The van der Waals surface area contributed by atoms with Gasteiger partial charge < -0.3 is 9.84 Å². The number of aliphatic hydroxyl groups excluding tert-OH is 1. The maximum Gasteiger partial charge on any atom is 0.411 e. The number of carbonyl (C=O) groups is 1. The summed E-state index contributed by atoms with van der Waals surface area (Å²) in [6.45, 7) is 4.97. The number of hydrogen-bond donors (Lipinski definition) is 1. The molecule has 0 spiro atoms. The average molecular weight is 382 g/mol. The molecule has 1 saturated heterocycles. The summed E-state index contributed by atoms with van der Waals surface area (Å²) in [5.74, 6) is -0.643. The van der Waals surface area contributed by atoms with Crippen LogP contribution in [0.5, 0.6) is 0 Å². The second kappa shape index (κ2) is 7.61. The van der Waals surface area contributed by atoms with Crippen LogP contribution in [-0.2, 0) is 4.74 Å². The van der Waals surface area contributed by atoms with Crippen molar-refractivity contribution in [3.8, 4) is 17.2 Å². The molecule has 2 aromatic carbocycles. The number of nitriles is 1. The van der Waals surface area contributed by atoms with Crippen molar-refractivity contribution < 1.29 is 19.0 Å². The van der Waals surface area contributed by atoms with Crippen molar-refractivity contribution in [3.63, 3.8) is 0 Å². The van der Waals surface area contributed by atoms with Crippen LogP contribution in [0, 0.1) is 17.1 Å². The van der Waals surface area contributed by atoms with E-state index in [1.165, 1.54) is 11.0 Å². The number of benzene rings is 2. The van der Waals surface area contributed by atoms with Gasteiger partial charge in [-0.15, -0.1) is 0 Å². The average Bonchev–Trinajstić information content (AvgIpc) is 2.61. The highest BCUT2D eigenvalue weighted by Crippen LogP contribution is 2.41.